The highest BCUT2D eigenvalue weighted by Gasteiger charge is 2.16. The molecule has 0 spiro atoms. The highest BCUT2D eigenvalue weighted by atomic mass is 16.5. The van der Waals surface area contributed by atoms with Gasteiger partial charge in [-0.05, 0) is 12.1 Å². The van der Waals surface area contributed by atoms with Gasteiger partial charge in [0.2, 0.25) is 0 Å². The summed E-state index contributed by atoms with van der Waals surface area (Å²) in [7, 11) is 0. The zero-order valence-corrected chi connectivity index (χ0v) is 11.2. The molecule has 2 N–H and O–H groups in total. The number of nitrogens with zero attached hydrogens (tertiary/aromatic N) is 2. The molecule has 1 saturated heterocycles. The third-order valence-electron chi connectivity index (χ3n) is 3.35. The Kier molecular flexibility index (Phi) is 5.44. The molecule has 1 aliphatic rings. The number of hydrogen-bond acceptors (Lipinski definition) is 5. The second-order valence-electron chi connectivity index (χ2n) is 4.68. The molecule has 0 saturated carbocycles. The van der Waals surface area contributed by atoms with Crippen molar-refractivity contribution in [2.75, 3.05) is 57.4 Å². The Balaban J connectivity index is 1.73. The van der Waals surface area contributed by atoms with Gasteiger partial charge in [-0.1, -0.05) is 6.07 Å². The minimum atomic E-state index is 0.0886. The molecule has 0 unspecified atom stereocenters. The van der Waals surface area contributed by atoms with E-state index in [-0.39, 0.29) is 6.61 Å². The van der Waals surface area contributed by atoms with Crippen LogP contribution in [0.2, 0.25) is 0 Å². The lowest BCUT2D eigenvalue weighted by atomic mass is 10.2. The first-order valence-electron chi connectivity index (χ1n) is 6.74. The maximum absolute atomic E-state index is 9.49. The number of rotatable bonds is 6. The van der Waals surface area contributed by atoms with E-state index in [0.717, 1.165) is 38.4 Å². The van der Waals surface area contributed by atoms with E-state index in [0.29, 0.717) is 19.0 Å². The van der Waals surface area contributed by atoms with Crippen LogP contribution in [0.3, 0.4) is 0 Å². The lowest BCUT2D eigenvalue weighted by Crippen LogP contribution is -2.47. The molecule has 0 radical (unpaired) electrons. The van der Waals surface area contributed by atoms with Gasteiger partial charge >= 0.3 is 0 Å². The molecule has 1 aliphatic heterocycles. The molecule has 106 valence electrons. The molecule has 0 atom stereocenters. The Hall–Kier alpha value is -1.30. The Labute approximate surface area is 114 Å². The predicted molar refractivity (Wildman–Crippen MR) is 74.7 cm³/mol. The number of anilines is 1. The van der Waals surface area contributed by atoms with Gasteiger partial charge in [0.1, 0.15) is 5.75 Å². The number of aliphatic hydroxyl groups excluding tert-OH is 1. The number of aliphatic hydroxyl groups is 1. The van der Waals surface area contributed by atoms with Crippen LogP contribution in [-0.2, 0) is 4.74 Å². The average Bonchev–Trinajstić information content (AvgIpc) is 2.44. The van der Waals surface area contributed by atoms with Crippen LogP contribution in [0, 0.1) is 0 Å². The Morgan fingerprint density at radius 2 is 1.89 bits per heavy atom. The van der Waals surface area contributed by atoms with Gasteiger partial charge < -0.3 is 19.8 Å². The van der Waals surface area contributed by atoms with E-state index in [1.54, 1.807) is 12.1 Å². The van der Waals surface area contributed by atoms with Crippen molar-refractivity contribution in [3.63, 3.8) is 0 Å². The fourth-order valence-corrected chi connectivity index (χ4v) is 2.28. The SMILES string of the molecule is OCCOCCN1CCN(c2cccc(O)c2)CC1. The third kappa shape index (κ3) is 4.38. The number of phenolic OH excluding ortho intramolecular Hbond substituents is 1. The summed E-state index contributed by atoms with van der Waals surface area (Å²) in [6.07, 6.45) is 0. The van der Waals surface area contributed by atoms with Crippen LogP contribution in [0.4, 0.5) is 5.69 Å². The third-order valence-corrected chi connectivity index (χ3v) is 3.35. The number of phenols is 1. The molecular weight excluding hydrogens is 244 g/mol. The molecule has 2 rings (SSSR count). The number of hydrogen-bond donors (Lipinski definition) is 2. The van der Waals surface area contributed by atoms with Crippen LogP contribution in [-0.4, -0.2) is 67.7 Å². The van der Waals surface area contributed by atoms with Crippen molar-refractivity contribution >= 4 is 5.69 Å². The molecule has 0 bridgehead atoms. The molecule has 19 heavy (non-hydrogen) atoms. The van der Waals surface area contributed by atoms with Gasteiger partial charge in [0.15, 0.2) is 0 Å². The van der Waals surface area contributed by atoms with Crippen molar-refractivity contribution in [1.82, 2.24) is 4.90 Å². The normalized spacial score (nSPS) is 16.8. The Bertz CT molecular complexity index is 379. The van der Waals surface area contributed by atoms with Gasteiger partial charge in [-0.2, -0.15) is 0 Å². The molecule has 0 aromatic heterocycles. The highest BCUT2D eigenvalue weighted by Crippen LogP contribution is 2.21. The first-order valence-corrected chi connectivity index (χ1v) is 6.74. The van der Waals surface area contributed by atoms with Gasteiger partial charge in [0.25, 0.3) is 0 Å². The fraction of sp³-hybridized carbons (Fsp3) is 0.571. The van der Waals surface area contributed by atoms with Gasteiger partial charge in [-0.25, -0.2) is 0 Å². The maximum Gasteiger partial charge on any atom is 0.117 e. The molecule has 1 aromatic rings. The van der Waals surface area contributed by atoms with Crippen LogP contribution in [0.15, 0.2) is 24.3 Å². The molecule has 0 aliphatic carbocycles. The van der Waals surface area contributed by atoms with Crippen molar-refractivity contribution in [2.24, 2.45) is 0 Å². The van der Waals surface area contributed by atoms with Gasteiger partial charge in [-0.15, -0.1) is 0 Å². The molecule has 5 heteroatoms. The predicted octanol–water partition coefficient (Wildman–Crippen LogP) is 0.523. The standard InChI is InChI=1S/C14H22N2O3/c17-9-11-19-10-8-15-4-6-16(7-5-15)13-2-1-3-14(18)12-13/h1-3,12,17-18H,4-11H2. The summed E-state index contributed by atoms with van der Waals surface area (Å²) < 4.78 is 5.27. The van der Waals surface area contributed by atoms with E-state index in [1.165, 1.54) is 0 Å². The van der Waals surface area contributed by atoms with Gasteiger partial charge in [0.05, 0.1) is 19.8 Å². The summed E-state index contributed by atoms with van der Waals surface area (Å²) >= 11 is 0. The number of aromatic hydroxyl groups is 1. The Morgan fingerprint density at radius 3 is 2.58 bits per heavy atom. The molecule has 1 aromatic carbocycles. The zero-order chi connectivity index (χ0) is 13.5. The summed E-state index contributed by atoms with van der Waals surface area (Å²) in [6, 6.07) is 7.40. The van der Waals surface area contributed by atoms with E-state index in [4.69, 9.17) is 9.84 Å². The van der Waals surface area contributed by atoms with Crippen LogP contribution in [0.5, 0.6) is 5.75 Å². The minimum absolute atomic E-state index is 0.0886. The van der Waals surface area contributed by atoms with Crippen molar-refractivity contribution in [3.8, 4) is 5.75 Å². The Morgan fingerprint density at radius 1 is 1.11 bits per heavy atom. The number of benzene rings is 1. The summed E-state index contributed by atoms with van der Waals surface area (Å²) in [5.74, 6) is 0.317. The lowest BCUT2D eigenvalue weighted by molar-refractivity contribution is 0.0724. The molecule has 1 fully saturated rings. The van der Waals surface area contributed by atoms with Crippen molar-refractivity contribution in [2.45, 2.75) is 0 Å². The molecule has 0 amide bonds. The summed E-state index contributed by atoms with van der Waals surface area (Å²) in [5.41, 5.74) is 1.08. The quantitative estimate of drug-likeness (QED) is 0.735. The van der Waals surface area contributed by atoms with Crippen LogP contribution < -0.4 is 4.90 Å². The van der Waals surface area contributed by atoms with Crippen LogP contribution in [0.25, 0.3) is 0 Å². The van der Waals surface area contributed by atoms with E-state index < -0.39 is 0 Å². The largest absolute Gasteiger partial charge is 0.508 e. The van der Waals surface area contributed by atoms with Crippen molar-refractivity contribution in [3.05, 3.63) is 24.3 Å². The van der Waals surface area contributed by atoms with E-state index in [2.05, 4.69) is 9.80 Å². The topological polar surface area (TPSA) is 56.2 Å². The lowest BCUT2D eigenvalue weighted by Gasteiger charge is -2.36. The molecular formula is C14H22N2O3. The van der Waals surface area contributed by atoms with Gasteiger partial charge in [-0.3, -0.25) is 4.90 Å². The van der Waals surface area contributed by atoms with E-state index in [9.17, 15) is 5.11 Å². The maximum atomic E-state index is 9.49. The number of ether oxygens (including phenoxy) is 1. The summed E-state index contributed by atoms with van der Waals surface area (Å²) in [5, 5.41) is 18.1. The first-order chi connectivity index (χ1) is 9.29. The second-order valence-corrected chi connectivity index (χ2v) is 4.68. The minimum Gasteiger partial charge on any atom is -0.508 e. The second kappa shape index (κ2) is 7.33. The van der Waals surface area contributed by atoms with Crippen LogP contribution >= 0.6 is 0 Å². The van der Waals surface area contributed by atoms with Crippen molar-refractivity contribution < 1.29 is 14.9 Å². The van der Waals surface area contributed by atoms with Crippen LogP contribution in [0.1, 0.15) is 0 Å². The summed E-state index contributed by atoms with van der Waals surface area (Å²) in [4.78, 5) is 4.64. The fourth-order valence-electron chi connectivity index (χ4n) is 2.28. The first kappa shape index (κ1) is 14.1. The smallest absolute Gasteiger partial charge is 0.117 e. The van der Waals surface area contributed by atoms with E-state index >= 15 is 0 Å². The number of piperazine rings is 1. The monoisotopic (exact) mass is 266 g/mol. The molecule has 5 nitrogen and oxygen atoms in total. The zero-order valence-electron chi connectivity index (χ0n) is 11.2. The van der Waals surface area contributed by atoms with E-state index in [1.807, 2.05) is 12.1 Å². The highest BCUT2D eigenvalue weighted by molar-refractivity contribution is 5.50. The molecule has 1 heterocycles. The van der Waals surface area contributed by atoms with Gasteiger partial charge in [0, 0.05) is 44.5 Å². The van der Waals surface area contributed by atoms with Crippen molar-refractivity contribution in [1.29, 1.82) is 0 Å². The summed E-state index contributed by atoms with van der Waals surface area (Å²) in [6.45, 7) is 6.01. The average molecular weight is 266 g/mol.